The molecule has 1 heterocycles. The second-order valence-corrected chi connectivity index (χ2v) is 5.22. The van der Waals surface area contributed by atoms with Crippen molar-refractivity contribution in [1.82, 2.24) is 5.06 Å². The van der Waals surface area contributed by atoms with E-state index in [1.165, 1.54) is 6.92 Å². The van der Waals surface area contributed by atoms with Crippen LogP contribution in [0.15, 0.2) is 45.3 Å². The summed E-state index contributed by atoms with van der Waals surface area (Å²) in [5.74, 6) is 6.57. The van der Waals surface area contributed by atoms with E-state index in [0.717, 1.165) is 4.47 Å². The average molecular weight is 365 g/mol. The molecule has 2 rings (SSSR count). The molecule has 2 aromatic rings. The van der Waals surface area contributed by atoms with E-state index in [1.54, 1.807) is 24.3 Å². The molecule has 0 bridgehead atoms. The number of carbonyl (C=O) groups is 1. The van der Waals surface area contributed by atoms with Crippen LogP contribution in [0.1, 0.15) is 12.7 Å². The van der Waals surface area contributed by atoms with Gasteiger partial charge in [0.1, 0.15) is 11.8 Å². The summed E-state index contributed by atoms with van der Waals surface area (Å²) in [7, 11) is 0. The van der Waals surface area contributed by atoms with Crippen LogP contribution in [0.3, 0.4) is 0 Å². The predicted octanol–water partition coefficient (Wildman–Crippen LogP) is 3.34. The lowest BCUT2D eigenvalue weighted by Crippen LogP contribution is -2.38. The van der Waals surface area contributed by atoms with Crippen molar-refractivity contribution in [3.05, 3.63) is 46.6 Å². The SMILES string of the molecule is CC(C#Cc1ccc(Oc2ccc(Br)cc2)o1)N(O)C(N)=O. The van der Waals surface area contributed by atoms with E-state index in [9.17, 15) is 10.0 Å². The largest absolute Gasteiger partial charge is 0.426 e. The molecule has 114 valence electrons. The van der Waals surface area contributed by atoms with Gasteiger partial charge in [0, 0.05) is 10.5 Å². The van der Waals surface area contributed by atoms with Gasteiger partial charge in [0.05, 0.1) is 0 Å². The van der Waals surface area contributed by atoms with Crippen molar-refractivity contribution >= 4 is 22.0 Å². The Morgan fingerprint density at radius 1 is 1.36 bits per heavy atom. The van der Waals surface area contributed by atoms with E-state index >= 15 is 0 Å². The number of hydrogen-bond acceptors (Lipinski definition) is 4. The molecule has 7 heteroatoms. The molecule has 0 spiro atoms. The number of nitrogens with two attached hydrogens (primary N) is 1. The molecule has 0 aliphatic rings. The first-order chi connectivity index (χ1) is 10.5. The first-order valence-corrected chi connectivity index (χ1v) is 7.07. The molecule has 2 amide bonds. The van der Waals surface area contributed by atoms with Crippen LogP contribution in [0.2, 0.25) is 0 Å². The van der Waals surface area contributed by atoms with Crippen molar-refractivity contribution in [2.24, 2.45) is 5.73 Å². The zero-order chi connectivity index (χ0) is 16.1. The van der Waals surface area contributed by atoms with Gasteiger partial charge in [-0.05, 0) is 43.2 Å². The van der Waals surface area contributed by atoms with Crippen LogP contribution in [-0.4, -0.2) is 22.3 Å². The number of primary amides is 1. The zero-order valence-electron chi connectivity index (χ0n) is 11.6. The summed E-state index contributed by atoms with van der Waals surface area (Å²) < 4.78 is 11.8. The van der Waals surface area contributed by atoms with Crippen molar-refractivity contribution in [3.63, 3.8) is 0 Å². The number of hydrogen-bond donors (Lipinski definition) is 2. The highest BCUT2D eigenvalue weighted by molar-refractivity contribution is 9.10. The van der Waals surface area contributed by atoms with E-state index in [2.05, 4.69) is 27.8 Å². The van der Waals surface area contributed by atoms with Crippen LogP contribution in [0.5, 0.6) is 11.7 Å². The third-order valence-corrected chi connectivity index (χ3v) is 3.14. The lowest BCUT2D eigenvalue weighted by Gasteiger charge is -2.14. The van der Waals surface area contributed by atoms with Gasteiger partial charge in [0.2, 0.25) is 0 Å². The molecule has 1 aromatic carbocycles. The Morgan fingerprint density at radius 2 is 2.05 bits per heavy atom. The van der Waals surface area contributed by atoms with Crippen molar-refractivity contribution in [2.75, 3.05) is 0 Å². The Kier molecular flexibility index (Phi) is 5.09. The van der Waals surface area contributed by atoms with Crippen molar-refractivity contribution in [1.29, 1.82) is 0 Å². The summed E-state index contributed by atoms with van der Waals surface area (Å²) >= 11 is 3.34. The number of amides is 2. The summed E-state index contributed by atoms with van der Waals surface area (Å²) in [5, 5.41) is 9.64. The van der Waals surface area contributed by atoms with Gasteiger partial charge in [-0.3, -0.25) is 5.21 Å². The molecule has 1 unspecified atom stereocenters. The van der Waals surface area contributed by atoms with Crippen LogP contribution < -0.4 is 10.5 Å². The standard InChI is InChI=1S/C15H13BrN2O4/c1-10(18(20)15(17)19)2-5-12-8-9-14(21-12)22-13-6-3-11(16)4-7-13/h3-4,6-10,20H,1H3,(H2,17,19). The lowest BCUT2D eigenvalue weighted by molar-refractivity contribution is -0.0536. The molecule has 0 aliphatic heterocycles. The predicted molar refractivity (Wildman–Crippen MR) is 82.5 cm³/mol. The Morgan fingerprint density at radius 3 is 2.68 bits per heavy atom. The van der Waals surface area contributed by atoms with Crippen LogP contribution in [-0.2, 0) is 0 Å². The van der Waals surface area contributed by atoms with E-state index in [1.807, 2.05) is 12.1 Å². The first-order valence-electron chi connectivity index (χ1n) is 6.28. The summed E-state index contributed by atoms with van der Waals surface area (Å²) in [6.45, 7) is 1.53. The summed E-state index contributed by atoms with van der Waals surface area (Å²) in [6.07, 6.45) is 0. The van der Waals surface area contributed by atoms with Gasteiger partial charge < -0.3 is 14.9 Å². The van der Waals surface area contributed by atoms with Crippen LogP contribution in [0.25, 0.3) is 0 Å². The molecule has 0 aliphatic carbocycles. The quantitative estimate of drug-likeness (QED) is 0.496. The minimum absolute atomic E-state index is 0.287. The summed E-state index contributed by atoms with van der Waals surface area (Å²) in [5.41, 5.74) is 4.93. The van der Waals surface area contributed by atoms with Crippen molar-refractivity contribution in [3.8, 4) is 23.5 Å². The second-order valence-electron chi connectivity index (χ2n) is 4.30. The molecular weight excluding hydrogens is 352 g/mol. The summed E-state index contributed by atoms with van der Waals surface area (Å²) in [6, 6.07) is 8.80. The third kappa shape index (κ3) is 4.28. The van der Waals surface area contributed by atoms with E-state index < -0.39 is 12.1 Å². The Balaban J connectivity index is 2.03. The molecule has 0 radical (unpaired) electrons. The van der Waals surface area contributed by atoms with Gasteiger partial charge in [-0.2, -0.15) is 5.06 Å². The molecular formula is C15H13BrN2O4. The van der Waals surface area contributed by atoms with E-state index in [0.29, 0.717) is 16.6 Å². The highest BCUT2D eigenvalue weighted by Crippen LogP contribution is 2.24. The average Bonchev–Trinajstić information content (AvgIpc) is 2.94. The molecule has 6 nitrogen and oxygen atoms in total. The van der Waals surface area contributed by atoms with Gasteiger partial charge >= 0.3 is 6.03 Å². The Bertz CT molecular complexity index is 715. The van der Waals surface area contributed by atoms with Crippen molar-refractivity contribution < 1.29 is 19.2 Å². The highest BCUT2D eigenvalue weighted by atomic mass is 79.9. The molecule has 1 atom stereocenters. The maximum Gasteiger partial charge on any atom is 0.339 e. The smallest absolute Gasteiger partial charge is 0.339 e. The summed E-state index contributed by atoms with van der Waals surface area (Å²) in [4.78, 5) is 10.8. The van der Waals surface area contributed by atoms with Gasteiger partial charge in [-0.1, -0.05) is 21.9 Å². The van der Waals surface area contributed by atoms with E-state index in [-0.39, 0.29) is 5.95 Å². The lowest BCUT2D eigenvalue weighted by atomic mass is 10.3. The van der Waals surface area contributed by atoms with Crippen LogP contribution in [0.4, 0.5) is 4.79 Å². The minimum Gasteiger partial charge on any atom is -0.426 e. The number of hydroxylamine groups is 2. The number of ether oxygens (including phenoxy) is 1. The number of rotatable bonds is 3. The number of benzene rings is 1. The van der Waals surface area contributed by atoms with Gasteiger partial charge in [0.25, 0.3) is 5.95 Å². The van der Waals surface area contributed by atoms with Gasteiger partial charge in [0.15, 0.2) is 5.76 Å². The maximum absolute atomic E-state index is 10.8. The molecule has 0 saturated heterocycles. The fourth-order valence-electron chi connectivity index (χ4n) is 1.49. The fraction of sp³-hybridized carbons (Fsp3) is 0.133. The molecule has 0 saturated carbocycles. The molecule has 0 fully saturated rings. The van der Waals surface area contributed by atoms with Crippen LogP contribution >= 0.6 is 15.9 Å². The molecule has 3 N–H and O–H groups in total. The topological polar surface area (TPSA) is 88.9 Å². The number of furan rings is 1. The Hall–Kier alpha value is -2.43. The molecule has 1 aromatic heterocycles. The maximum atomic E-state index is 10.8. The number of halogens is 1. The van der Waals surface area contributed by atoms with E-state index in [4.69, 9.17) is 14.9 Å². The van der Waals surface area contributed by atoms with Gasteiger partial charge in [-0.15, -0.1) is 0 Å². The number of nitrogens with zero attached hydrogens (tertiary/aromatic N) is 1. The molecule has 22 heavy (non-hydrogen) atoms. The number of carbonyl (C=O) groups excluding carboxylic acids is 1. The first kappa shape index (κ1) is 15.9. The second kappa shape index (κ2) is 7.02. The minimum atomic E-state index is -0.972. The van der Waals surface area contributed by atoms with Crippen molar-refractivity contribution in [2.45, 2.75) is 13.0 Å². The third-order valence-electron chi connectivity index (χ3n) is 2.61. The highest BCUT2D eigenvalue weighted by Gasteiger charge is 2.12. The fourth-order valence-corrected chi connectivity index (χ4v) is 1.75. The van der Waals surface area contributed by atoms with Gasteiger partial charge in [-0.25, -0.2) is 4.79 Å². The number of urea groups is 1. The Labute approximate surface area is 135 Å². The zero-order valence-corrected chi connectivity index (χ0v) is 13.2. The normalized spacial score (nSPS) is 11.2. The monoisotopic (exact) mass is 364 g/mol. The van der Waals surface area contributed by atoms with Crippen LogP contribution in [0, 0.1) is 11.8 Å².